The van der Waals surface area contributed by atoms with Gasteiger partial charge in [0.25, 0.3) is 11.8 Å². The first kappa shape index (κ1) is 40.5. The number of nitrogens with zero attached hydrogens (tertiary/aromatic N) is 4. The van der Waals surface area contributed by atoms with E-state index in [1.165, 1.54) is 76.7 Å². The van der Waals surface area contributed by atoms with Gasteiger partial charge in [-0.1, -0.05) is 0 Å². The van der Waals surface area contributed by atoms with Crippen LogP contribution in [0.4, 0.5) is 20.4 Å². The highest BCUT2D eigenvalue weighted by Gasteiger charge is 2.33. The average molecular weight is 921 g/mol. The fourth-order valence-electron chi connectivity index (χ4n) is 5.81. The number of nitrogens with one attached hydrogen (secondary N) is 2. The molecule has 0 bridgehead atoms. The van der Waals surface area contributed by atoms with Crippen LogP contribution in [0.2, 0.25) is 0 Å². The van der Waals surface area contributed by atoms with E-state index in [2.05, 4.69) is 20.6 Å². The van der Waals surface area contributed by atoms with E-state index >= 15 is 0 Å². The van der Waals surface area contributed by atoms with Crippen molar-refractivity contribution < 1.29 is 44.0 Å². The van der Waals surface area contributed by atoms with Gasteiger partial charge >= 0.3 is 0 Å². The number of anilines is 2. The minimum Gasteiger partial charge on any atom is -0.437 e. The van der Waals surface area contributed by atoms with E-state index in [1.54, 1.807) is 12.1 Å². The molecule has 0 spiro atoms. The molecule has 1 saturated carbocycles. The van der Waals surface area contributed by atoms with Gasteiger partial charge in [-0.25, -0.2) is 25.6 Å². The molecular formula is C37H35F2IN6O8S2. The van der Waals surface area contributed by atoms with E-state index in [-0.39, 0.29) is 51.7 Å². The summed E-state index contributed by atoms with van der Waals surface area (Å²) in [6.07, 6.45) is 4.03. The Kier molecular flexibility index (Phi) is 11.2. The maximum atomic E-state index is 13.3. The first-order valence-electron chi connectivity index (χ1n) is 16.8. The Hall–Kier alpha value is -5.15. The van der Waals surface area contributed by atoms with E-state index in [9.17, 15) is 35.2 Å². The Morgan fingerprint density at radius 1 is 0.714 bits per heavy atom. The lowest BCUT2D eigenvalue weighted by Crippen LogP contribution is -2.27. The van der Waals surface area contributed by atoms with Gasteiger partial charge in [-0.15, -0.1) is 0 Å². The zero-order valence-corrected chi connectivity index (χ0v) is 34.6. The Bertz CT molecular complexity index is 2740. The molecule has 4 aromatic heterocycles. The van der Waals surface area contributed by atoms with Crippen molar-refractivity contribution in [3.05, 3.63) is 92.6 Å². The number of sulfonamides is 2. The second-order valence-corrected chi connectivity index (χ2v) is 18.1. The number of fused-ring (bicyclic) bond motifs is 2. The van der Waals surface area contributed by atoms with Crippen LogP contribution in [-0.2, 0) is 20.0 Å². The second-order valence-electron chi connectivity index (χ2n) is 12.9. The van der Waals surface area contributed by atoms with Gasteiger partial charge in [-0.05, 0) is 108 Å². The molecule has 1 aliphatic carbocycles. The summed E-state index contributed by atoms with van der Waals surface area (Å²) in [7, 11) is -1.23. The van der Waals surface area contributed by atoms with Gasteiger partial charge in [-0.3, -0.25) is 18.2 Å². The molecule has 19 heteroatoms. The van der Waals surface area contributed by atoms with Crippen LogP contribution in [0.5, 0.6) is 0 Å². The van der Waals surface area contributed by atoms with Crippen molar-refractivity contribution in [2.45, 2.75) is 18.8 Å². The Morgan fingerprint density at radius 3 is 1.50 bits per heavy atom. The lowest BCUT2D eigenvalue weighted by molar-refractivity contribution is 0.0956. The lowest BCUT2D eigenvalue weighted by Gasteiger charge is -2.18. The summed E-state index contributed by atoms with van der Waals surface area (Å²) < 4.78 is 88.9. The van der Waals surface area contributed by atoms with Gasteiger partial charge in [0, 0.05) is 39.3 Å². The highest BCUT2D eigenvalue weighted by atomic mass is 127. The van der Waals surface area contributed by atoms with E-state index in [4.69, 9.17) is 8.83 Å². The molecule has 4 heterocycles. The van der Waals surface area contributed by atoms with Crippen LogP contribution in [0, 0.1) is 15.2 Å². The topological polar surface area (TPSA) is 185 Å². The van der Waals surface area contributed by atoms with E-state index in [0.29, 0.717) is 31.3 Å². The molecule has 294 valence electrons. The van der Waals surface area contributed by atoms with E-state index in [1.807, 2.05) is 22.6 Å². The summed E-state index contributed by atoms with van der Waals surface area (Å²) in [5.74, 6) is -0.421. The number of halogens is 3. The van der Waals surface area contributed by atoms with Crippen molar-refractivity contribution in [2.24, 2.45) is 0 Å². The number of amides is 2. The van der Waals surface area contributed by atoms with Crippen LogP contribution in [-0.4, -0.2) is 79.3 Å². The Balaban J connectivity index is 0.000000190. The molecular weight excluding hydrogens is 885 g/mol. The molecule has 0 saturated heterocycles. The first-order chi connectivity index (χ1) is 26.3. The summed E-state index contributed by atoms with van der Waals surface area (Å²) in [5.41, 5.74) is 2.59. The summed E-state index contributed by atoms with van der Waals surface area (Å²) in [4.78, 5) is 33.9. The zero-order chi connectivity index (χ0) is 40.9. The maximum absolute atomic E-state index is 13.3. The first-order valence-corrected chi connectivity index (χ1v) is 21.6. The van der Waals surface area contributed by atoms with Crippen molar-refractivity contribution in [3.63, 3.8) is 0 Å². The standard InChI is InChI=1S/C20H20FN3O4S.C17H15FIN3O4S/c1-22-19(25)16-15-10-14(11-4-5-11)18(24(2)29(3,26)27)23-20(15)28-17(16)12-6-8-13(21)9-7-12;1-20-16(23)13-11-8-12(19)15(22(2)27(3,24)25)21-17(11)26-14(13)9-4-6-10(18)7-5-9/h6-11H,4-5H2,1-3H3,(H,22,25);4-8H,1-3H3,(H,20,23). The minimum absolute atomic E-state index is 0.110. The van der Waals surface area contributed by atoms with Gasteiger partial charge in [0.15, 0.2) is 5.82 Å². The predicted molar refractivity (Wildman–Crippen MR) is 217 cm³/mol. The number of hydrogen-bond acceptors (Lipinski definition) is 10. The number of carbonyl (C=O) groups is 2. The normalized spacial score (nSPS) is 12.9. The summed E-state index contributed by atoms with van der Waals surface area (Å²) >= 11 is 1.95. The Labute approximate surface area is 334 Å². The third-order valence-corrected chi connectivity index (χ3v) is 12.2. The van der Waals surface area contributed by atoms with Crippen LogP contribution in [0.1, 0.15) is 45.0 Å². The predicted octanol–water partition coefficient (Wildman–Crippen LogP) is 6.26. The number of benzene rings is 2. The third kappa shape index (κ3) is 8.05. The smallest absolute Gasteiger partial charge is 0.255 e. The average Bonchev–Trinajstić information content (AvgIpc) is 3.84. The number of carbonyl (C=O) groups excluding carboxylic acids is 2. The zero-order valence-electron chi connectivity index (χ0n) is 30.8. The van der Waals surface area contributed by atoms with Gasteiger partial charge in [-0.2, -0.15) is 9.97 Å². The molecule has 56 heavy (non-hydrogen) atoms. The number of pyridine rings is 2. The molecule has 0 unspecified atom stereocenters. The number of rotatable bonds is 9. The van der Waals surface area contributed by atoms with Crippen molar-refractivity contribution in [1.29, 1.82) is 0 Å². The third-order valence-electron chi connectivity index (χ3n) is 9.04. The SMILES string of the molecule is CNC(=O)c1c(-c2ccc(F)cc2)oc2nc(N(C)S(C)(=O)=O)c(C3CC3)cc12.CNC(=O)c1c(-c2ccc(F)cc2)oc2nc(N(C)S(C)(=O)=O)c(I)cc12. The van der Waals surface area contributed by atoms with Crippen molar-refractivity contribution in [1.82, 2.24) is 20.6 Å². The number of furan rings is 2. The van der Waals surface area contributed by atoms with Gasteiger partial charge in [0.2, 0.25) is 31.5 Å². The lowest BCUT2D eigenvalue weighted by atomic mass is 10.0. The second kappa shape index (κ2) is 15.4. The van der Waals surface area contributed by atoms with Crippen molar-refractivity contribution in [2.75, 3.05) is 49.3 Å². The maximum Gasteiger partial charge on any atom is 0.255 e. The van der Waals surface area contributed by atoms with Crippen LogP contribution in [0.3, 0.4) is 0 Å². The number of hydrogen-bond donors (Lipinski definition) is 2. The largest absolute Gasteiger partial charge is 0.437 e. The molecule has 2 amide bonds. The molecule has 0 aliphatic heterocycles. The molecule has 2 aromatic carbocycles. The molecule has 2 N–H and O–H groups in total. The van der Waals surface area contributed by atoms with Gasteiger partial charge in [0.05, 0.1) is 38.0 Å². The molecule has 1 fully saturated rings. The van der Waals surface area contributed by atoms with Gasteiger partial charge in [0.1, 0.15) is 29.0 Å². The Morgan fingerprint density at radius 2 is 1.11 bits per heavy atom. The van der Waals surface area contributed by atoms with Crippen molar-refractivity contribution >= 4 is 88.3 Å². The van der Waals surface area contributed by atoms with E-state index < -0.39 is 37.6 Å². The van der Waals surface area contributed by atoms with Crippen LogP contribution < -0.4 is 19.2 Å². The summed E-state index contributed by atoms with van der Waals surface area (Å²) in [6, 6.07) is 14.5. The quantitative estimate of drug-likeness (QED) is 0.157. The fraction of sp³-hybridized carbons (Fsp3) is 0.243. The fourth-order valence-corrected chi connectivity index (χ4v) is 7.68. The van der Waals surface area contributed by atoms with E-state index in [0.717, 1.165) is 39.5 Å². The van der Waals surface area contributed by atoms with Crippen LogP contribution >= 0.6 is 22.6 Å². The monoisotopic (exact) mass is 920 g/mol. The van der Waals surface area contributed by atoms with Crippen molar-refractivity contribution in [3.8, 4) is 22.6 Å². The molecule has 6 aromatic rings. The molecule has 1 aliphatic rings. The van der Waals surface area contributed by atoms with Crippen LogP contribution in [0.25, 0.3) is 44.8 Å². The number of aromatic nitrogens is 2. The summed E-state index contributed by atoms with van der Waals surface area (Å²) in [6.45, 7) is 0. The molecule has 7 rings (SSSR count). The highest BCUT2D eigenvalue weighted by molar-refractivity contribution is 14.1. The molecule has 0 radical (unpaired) electrons. The highest BCUT2D eigenvalue weighted by Crippen LogP contribution is 2.46. The van der Waals surface area contributed by atoms with Gasteiger partial charge < -0.3 is 19.5 Å². The molecule has 14 nitrogen and oxygen atoms in total. The molecule has 0 atom stereocenters. The summed E-state index contributed by atoms with van der Waals surface area (Å²) in [5, 5.41) is 6.08. The van der Waals surface area contributed by atoms with Crippen LogP contribution in [0.15, 0.2) is 69.5 Å². The minimum atomic E-state index is -3.53.